The fourth-order valence-electron chi connectivity index (χ4n) is 2.61. The number of hydrogen-bond donors (Lipinski definition) is 0. The second-order valence-corrected chi connectivity index (χ2v) is 6.31. The zero-order chi connectivity index (χ0) is 16.6. The van der Waals surface area contributed by atoms with Crippen LogP contribution in [0, 0.1) is 0 Å². The van der Waals surface area contributed by atoms with Crippen LogP contribution in [0.1, 0.15) is 23.4 Å². The minimum Gasteiger partial charge on any atom is -0.326 e. The van der Waals surface area contributed by atoms with Crippen molar-refractivity contribution in [1.29, 1.82) is 0 Å². The number of alkyl halides is 3. The topological polar surface area (TPSA) is 25.2 Å². The third-order valence-corrected chi connectivity index (χ3v) is 5.06. The lowest BCUT2D eigenvalue weighted by Crippen LogP contribution is -2.27. The molecule has 1 atom stereocenters. The van der Waals surface area contributed by atoms with Gasteiger partial charge in [-0.1, -0.05) is 0 Å². The van der Waals surface area contributed by atoms with Crippen LogP contribution in [0.2, 0.25) is 0 Å². The Balaban J connectivity index is 1.83. The molecule has 23 heavy (non-hydrogen) atoms. The van der Waals surface area contributed by atoms with Crippen LogP contribution in [-0.4, -0.2) is 27.7 Å². The first-order valence-corrected chi connectivity index (χ1v) is 8.21. The van der Waals surface area contributed by atoms with E-state index in [1.54, 1.807) is 27.4 Å². The Morgan fingerprint density at radius 2 is 1.91 bits per heavy atom. The standard InChI is InChI=1S/C16H15F3N2OS/c1-2-21-14(22)10-23-15(21)11-7-8-20(9-11)13-5-3-12(4-6-13)16(17,18)19/h3-9,15H,2,10H2,1H3/t15-/m1/s1. The van der Waals surface area contributed by atoms with Gasteiger partial charge >= 0.3 is 6.18 Å². The lowest BCUT2D eigenvalue weighted by atomic mass is 10.2. The van der Waals surface area contributed by atoms with Crippen LogP contribution >= 0.6 is 11.8 Å². The molecule has 1 amide bonds. The molecule has 0 bridgehead atoms. The highest BCUT2D eigenvalue weighted by Crippen LogP contribution is 2.38. The van der Waals surface area contributed by atoms with Crippen LogP contribution in [0.25, 0.3) is 5.69 Å². The molecular weight excluding hydrogens is 325 g/mol. The van der Waals surface area contributed by atoms with Gasteiger partial charge in [0.05, 0.1) is 11.3 Å². The molecule has 1 aromatic heterocycles. The Hall–Kier alpha value is -1.89. The van der Waals surface area contributed by atoms with E-state index >= 15 is 0 Å². The van der Waals surface area contributed by atoms with Crippen molar-refractivity contribution in [3.05, 3.63) is 53.9 Å². The molecule has 3 nitrogen and oxygen atoms in total. The summed E-state index contributed by atoms with van der Waals surface area (Å²) in [6.45, 7) is 2.57. The molecule has 0 aliphatic carbocycles. The van der Waals surface area contributed by atoms with Crippen LogP contribution in [-0.2, 0) is 11.0 Å². The van der Waals surface area contributed by atoms with E-state index in [1.807, 2.05) is 19.2 Å². The number of carbonyl (C=O) groups is 1. The molecule has 0 spiro atoms. The maximum atomic E-state index is 12.6. The number of halogens is 3. The third kappa shape index (κ3) is 3.10. The van der Waals surface area contributed by atoms with Gasteiger partial charge in [0.1, 0.15) is 5.37 Å². The molecule has 2 heterocycles. The van der Waals surface area contributed by atoms with Gasteiger partial charge in [-0.15, -0.1) is 11.8 Å². The van der Waals surface area contributed by atoms with Crippen molar-refractivity contribution in [1.82, 2.24) is 9.47 Å². The summed E-state index contributed by atoms with van der Waals surface area (Å²) in [5.74, 6) is 0.578. The summed E-state index contributed by atoms with van der Waals surface area (Å²) >= 11 is 1.56. The fraction of sp³-hybridized carbons (Fsp3) is 0.312. The van der Waals surface area contributed by atoms with E-state index < -0.39 is 11.7 Å². The molecule has 0 unspecified atom stereocenters. The number of aromatic nitrogens is 1. The summed E-state index contributed by atoms with van der Waals surface area (Å²) in [6.07, 6.45) is -0.667. The van der Waals surface area contributed by atoms with Gasteiger partial charge in [-0.05, 0) is 37.3 Å². The number of carbonyl (C=O) groups excluding carboxylic acids is 1. The first-order valence-electron chi connectivity index (χ1n) is 7.16. The summed E-state index contributed by atoms with van der Waals surface area (Å²) in [7, 11) is 0. The van der Waals surface area contributed by atoms with Gasteiger partial charge in [-0.3, -0.25) is 4.79 Å². The van der Waals surface area contributed by atoms with Crippen LogP contribution in [0.4, 0.5) is 13.2 Å². The predicted molar refractivity (Wildman–Crippen MR) is 83.4 cm³/mol. The van der Waals surface area contributed by atoms with Gasteiger partial charge in [-0.2, -0.15) is 13.2 Å². The maximum Gasteiger partial charge on any atom is 0.416 e. The van der Waals surface area contributed by atoms with Gasteiger partial charge in [0.15, 0.2) is 0 Å². The van der Waals surface area contributed by atoms with Crippen molar-refractivity contribution in [2.75, 3.05) is 12.3 Å². The molecule has 1 aliphatic heterocycles. The SMILES string of the molecule is CCN1C(=O)CS[C@@H]1c1ccn(-c2ccc(C(F)(F)F)cc2)c1. The molecule has 0 radical (unpaired) electrons. The van der Waals surface area contributed by atoms with Crippen molar-refractivity contribution in [3.63, 3.8) is 0 Å². The van der Waals surface area contributed by atoms with E-state index in [9.17, 15) is 18.0 Å². The molecule has 0 N–H and O–H groups in total. The number of nitrogens with zero attached hydrogens (tertiary/aromatic N) is 2. The van der Waals surface area contributed by atoms with Crippen LogP contribution in [0.15, 0.2) is 42.7 Å². The largest absolute Gasteiger partial charge is 0.416 e. The van der Waals surface area contributed by atoms with Crippen molar-refractivity contribution in [2.24, 2.45) is 0 Å². The first kappa shape index (κ1) is 16.0. The van der Waals surface area contributed by atoms with Gasteiger partial charge in [0, 0.05) is 30.2 Å². The molecule has 2 aromatic rings. The first-order chi connectivity index (χ1) is 10.9. The quantitative estimate of drug-likeness (QED) is 0.841. The van der Waals surface area contributed by atoms with Gasteiger partial charge in [0.2, 0.25) is 5.91 Å². The van der Waals surface area contributed by atoms with Gasteiger partial charge in [-0.25, -0.2) is 0 Å². The van der Waals surface area contributed by atoms with Crippen molar-refractivity contribution >= 4 is 17.7 Å². The number of benzene rings is 1. The Morgan fingerprint density at radius 3 is 2.52 bits per heavy atom. The van der Waals surface area contributed by atoms with Crippen molar-refractivity contribution in [2.45, 2.75) is 18.5 Å². The Kier molecular flexibility index (Phi) is 4.14. The summed E-state index contributed by atoms with van der Waals surface area (Å²) in [5, 5.41) is -0.0248. The maximum absolute atomic E-state index is 12.6. The van der Waals surface area contributed by atoms with E-state index in [0.29, 0.717) is 18.0 Å². The molecule has 3 rings (SSSR count). The normalized spacial score (nSPS) is 18.7. The van der Waals surface area contributed by atoms with Crippen LogP contribution in [0.3, 0.4) is 0 Å². The second-order valence-electron chi connectivity index (χ2n) is 5.24. The lowest BCUT2D eigenvalue weighted by molar-refractivity contribution is -0.137. The lowest BCUT2D eigenvalue weighted by Gasteiger charge is -2.21. The van der Waals surface area contributed by atoms with E-state index in [4.69, 9.17) is 0 Å². The molecule has 1 saturated heterocycles. The highest BCUT2D eigenvalue weighted by Gasteiger charge is 2.32. The van der Waals surface area contributed by atoms with E-state index in [0.717, 1.165) is 17.7 Å². The summed E-state index contributed by atoms with van der Waals surface area (Å²) in [6, 6.07) is 6.92. The number of rotatable bonds is 3. The van der Waals surface area contributed by atoms with Gasteiger partial charge in [0.25, 0.3) is 0 Å². The molecule has 1 aliphatic rings. The van der Waals surface area contributed by atoms with Crippen LogP contribution in [0.5, 0.6) is 0 Å². The zero-order valence-electron chi connectivity index (χ0n) is 12.4. The number of amides is 1. The smallest absolute Gasteiger partial charge is 0.326 e. The highest BCUT2D eigenvalue weighted by molar-refractivity contribution is 8.00. The fourth-order valence-corrected chi connectivity index (χ4v) is 3.86. The third-order valence-electron chi connectivity index (χ3n) is 3.80. The average Bonchev–Trinajstić information content (AvgIpc) is 3.12. The molecular formula is C16H15F3N2OS. The predicted octanol–water partition coefficient (Wildman–Crippen LogP) is 4.09. The van der Waals surface area contributed by atoms with Crippen molar-refractivity contribution < 1.29 is 18.0 Å². The van der Waals surface area contributed by atoms with Crippen LogP contribution < -0.4 is 0 Å². The minimum atomic E-state index is -4.33. The number of hydrogen-bond acceptors (Lipinski definition) is 2. The highest BCUT2D eigenvalue weighted by atomic mass is 32.2. The minimum absolute atomic E-state index is 0.0248. The monoisotopic (exact) mass is 340 g/mol. The molecule has 1 aromatic carbocycles. The summed E-state index contributed by atoms with van der Waals surface area (Å²) in [4.78, 5) is 13.6. The van der Waals surface area contributed by atoms with E-state index in [-0.39, 0.29) is 11.3 Å². The van der Waals surface area contributed by atoms with E-state index in [1.165, 1.54) is 12.1 Å². The summed E-state index contributed by atoms with van der Waals surface area (Å²) in [5.41, 5.74) is 0.965. The number of thioether (sulfide) groups is 1. The molecule has 0 saturated carbocycles. The molecule has 122 valence electrons. The van der Waals surface area contributed by atoms with Crippen molar-refractivity contribution in [3.8, 4) is 5.69 Å². The Bertz CT molecular complexity index is 709. The average molecular weight is 340 g/mol. The van der Waals surface area contributed by atoms with E-state index in [2.05, 4.69) is 0 Å². The molecule has 1 fully saturated rings. The van der Waals surface area contributed by atoms with Gasteiger partial charge < -0.3 is 9.47 Å². The zero-order valence-corrected chi connectivity index (χ0v) is 13.2. The molecule has 7 heteroatoms. The summed E-state index contributed by atoms with van der Waals surface area (Å²) < 4.78 is 39.6. The Labute approximate surface area is 136 Å². The second kappa shape index (κ2) is 5.96. The Morgan fingerprint density at radius 1 is 1.22 bits per heavy atom.